The SMILES string of the molecule is Cl.O=C(CC12CCCN1CCC2)Nc1ccccc1Cl. The van der Waals surface area contributed by atoms with Gasteiger partial charge in [-0.3, -0.25) is 9.69 Å². The van der Waals surface area contributed by atoms with E-state index in [2.05, 4.69) is 10.2 Å². The van der Waals surface area contributed by atoms with Crippen LogP contribution in [0.2, 0.25) is 5.02 Å². The third kappa shape index (κ3) is 2.95. The summed E-state index contributed by atoms with van der Waals surface area (Å²) in [6, 6.07) is 7.40. The lowest BCUT2D eigenvalue weighted by molar-refractivity contribution is -0.118. The molecule has 1 aromatic carbocycles. The van der Waals surface area contributed by atoms with Gasteiger partial charge in [0.05, 0.1) is 10.7 Å². The van der Waals surface area contributed by atoms with Gasteiger partial charge in [0.2, 0.25) is 5.91 Å². The van der Waals surface area contributed by atoms with Crippen LogP contribution in [-0.4, -0.2) is 29.4 Å². The fourth-order valence-corrected chi connectivity index (χ4v) is 3.75. The molecule has 2 heterocycles. The van der Waals surface area contributed by atoms with Gasteiger partial charge in [-0.25, -0.2) is 0 Å². The Labute approximate surface area is 131 Å². The van der Waals surface area contributed by atoms with Crippen LogP contribution in [0.3, 0.4) is 0 Å². The zero-order chi connectivity index (χ0) is 13.3. The van der Waals surface area contributed by atoms with Crippen LogP contribution < -0.4 is 5.32 Å². The van der Waals surface area contributed by atoms with E-state index in [1.165, 1.54) is 12.8 Å². The van der Waals surface area contributed by atoms with Gasteiger partial charge in [-0.2, -0.15) is 0 Å². The summed E-state index contributed by atoms with van der Waals surface area (Å²) in [6.45, 7) is 2.30. The molecule has 0 unspecified atom stereocenters. The Hall–Kier alpha value is -0.770. The van der Waals surface area contributed by atoms with Crippen LogP contribution >= 0.6 is 24.0 Å². The monoisotopic (exact) mass is 314 g/mol. The summed E-state index contributed by atoms with van der Waals surface area (Å²) in [7, 11) is 0. The van der Waals surface area contributed by atoms with Crippen molar-refractivity contribution in [2.75, 3.05) is 18.4 Å². The van der Waals surface area contributed by atoms with Gasteiger partial charge in [-0.15, -0.1) is 12.4 Å². The molecule has 0 aromatic heterocycles. The Morgan fingerprint density at radius 2 is 1.90 bits per heavy atom. The number of hydrogen-bond donors (Lipinski definition) is 1. The first-order chi connectivity index (χ1) is 9.20. The van der Waals surface area contributed by atoms with E-state index >= 15 is 0 Å². The van der Waals surface area contributed by atoms with Gasteiger partial charge in [-0.05, 0) is 50.9 Å². The molecule has 0 bridgehead atoms. The van der Waals surface area contributed by atoms with Crippen molar-refractivity contribution in [2.24, 2.45) is 0 Å². The number of amides is 1. The number of rotatable bonds is 3. The molecule has 20 heavy (non-hydrogen) atoms. The van der Waals surface area contributed by atoms with Crippen LogP contribution in [0.1, 0.15) is 32.1 Å². The first-order valence-electron chi connectivity index (χ1n) is 6.99. The Kier molecular flexibility index (Phi) is 4.95. The third-order valence-electron chi connectivity index (χ3n) is 4.45. The van der Waals surface area contributed by atoms with Crippen molar-refractivity contribution in [3.8, 4) is 0 Å². The predicted molar refractivity (Wildman–Crippen MR) is 84.7 cm³/mol. The number of hydrogen-bond acceptors (Lipinski definition) is 2. The first-order valence-corrected chi connectivity index (χ1v) is 7.37. The fourth-order valence-electron chi connectivity index (χ4n) is 3.57. The van der Waals surface area contributed by atoms with Gasteiger partial charge in [0.15, 0.2) is 0 Å². The minimum absolute atomic E-state index is 0. The minimum Gasteiger partial charge on any atom is -0.325 e. The standard InChI is InChI=1S/C15H19ClN2O.ClH/c16-12-5-1-2-6-13(12)17-14(19)11-15-7-3-9-18(15)10-4-8-15;/h1-2,5-6H,3-4,7-11H2,(H,17,19);1H. The van der Waals surface area contributed by atoms with Crippen LogP contribution in [0.5, 0.6) is 0 Å². The van der Waals surface area contributed by atoms with Gasteiger partial charge in [-0.1, -0.05) is 23.7 Å². The minimum atomic E-state index is 0. The van der Waals surface area contributed by atoms with E-state index in [0.717, 1.165) is 25.9 Å². The molecule has 0 atom stereocenters. The van der Waals surface area contributed by atoms with Gasteiger partial charge < -0.3 is 5.32 Å². The second kappa shape index (κ2) is 6.33. The number of para-hydroxylation sites is 1. The van der Waals surface area contributed by atoms with Crippen LogP contribution in [0.4, 0.5) is 5.69 Å². The molecule has 0 radical (unpaired) electrons. The smallest absolute Gasteiger partial charge is 0.226 e. The van der Waals surface area contributed by atoms with E-state index in [-0.39, 0.29) is 23.9 Å². The maximum absolute atomic E-state index is 12.3. The Morgan fingerprint density at radius 1 is 1.25 bits per heavy atom. The van der Waals surface area contributed by atoms with Crippen LogP contribution in [0.15, 0.2) is 24.3 Å². The number of anilines is 1. The van der Waals surface area contributed by atoms with Crippen molar-refractivity contribution >= 4 is 35.6 Å². The zero-order valence-electron chi connectivity index (χ0n) is 11.4. The fraction of sp³-hybridized carbons (Fsp3) is 0.533. The molecule has 0 saturated carbocycles. The number of carbonyl (C=O) groups is 1. The zero-order valence-corrected chi connectivity index (χ0v) is 13.0. The number of fused-ring (bicyclic) bond motifs is 1. The molecule has 2 aliphatic rings. The van der Waals surface area contributed by atoms with E-state index in [9.17, 15) is 4.79 Å². The van der Waals surface area contributed by atoms with Crippen molar-refractivity contribution < 1.29 is 4.79 Å². The molecule has 0 spiro atoms. The molecule has 2 fully saturated rings. The van der Waals surface area contributed by atoms with Crippen molar-refractivity contribution in [3.05, 3.63) is 29.3 Å². The molecule has 3 nitrogen and oxygen atoms in total. The van der Waals surface area contributed by atoms with Crippen molar-refractivity contribution in [2.45, 2.75) is 37.6 Å². The normalized spacial score (nSPS) is 20.2. The molecule has 0 aliphatic carbocycles. The summed E-state index contributed by atoms with van der Waals surface area (Å²) in [6.07, 6.45) is 5.35. The molecule has 2 saturated heterocycles. The molecule has 110 valence electrons. The Bertz CT molecular complexity index is 483. The van der Waals surface area contributed by atoms with E-state index < -0.39 is 0 Å². The lowest BCUT2D eigenvalue weighted by Crippen LogP contribution is -2.41. The van der Waals surface area contributed by atoms with Crippen molar-refractivity contribution in [1.82, 2.24) is 4.90 Å². The van der Waals surface area contributed by atoms with Gasteiger partial charge >= 0.3 is 0 Å². The molecule has 3 rings (SSSR count). The highest BCUT2D eigenvalue weighted by molar-refractivity contribution is 6.33. The summed E-state index contributed by atoms with van der Waals surface area (Å²) in [4.78, 5) is 14.8. The lowest BCUT2D eigenvalue weighted by Gasteiger charge is -2.31. The maximum Gasteiger partial charge on any atom is 0.226 e. The average molecular weight is 315 g/mol. The molecular formula is C15H20Cl2N2O. The van der Waals surface area contributed by atoms with Crippen LogP contribution in [0, 0.1) is 0 Å². The molecule has 1 N–H and O–H groups in total. The number of halogens is 2. The van der Waals surface area contributed by atoms with Gasteiger partial charge in [0.25, 0.3) is 0 Å². The lowest BCUT2D eigenvalue weighted by atomic mass is 9.90. The average Bonchev–Trinajstić information content (AvgIpc) is 2.91. The summed E-state index contributed by atoms with van der Waals surface area (Å²) in [5.74, 6) is 0.0851. The summed E-state index contributed by atoms with van der Waals surface area (Å²) in [5, 5.41) is 3.55. The Balaban J connectivity index is 0.00000147. The Morgan fingerprint density at radius 3 is 2.55 bits per heavy atom. The van der Waals surface area contributed by atoms with Crippen LogP contribution in [-0.2, 0) is 4.79 Å². The molecule has 5 heteroatoms. The van der Waals surface area contributed by atoms with Gasteiger partial charge in [0, 0.05) is 12.0 Å². The van der Waals surface area contributed by atoms with E-state index in [1.807, 2.05) is 18.2 Å². The predicted octanol–water partition coefficient (Wildman–Crippen LogP) is 3.72. The highest BCUT2D eigenvalue weighted by Crippen LogP contribution is 2.41. The second-order valence-corrected chi connectivity index (χ2v) is 6.03. The van der Waals surface area contributed by atoms with Crippen molar-refractivity contribution in [1.29, 1.82) is 0 Å². The highest BCUT2D eigenvalue weighted by Gasteiger charge is 2.45. The number of benzene rings is 1. The summed E-state index contributed by atoms with van der Waals surface area (Å²) in [5.41, 5.74) is 0.846. The second-order valence-electron chi connectivity index (χ2n) is 5.62. The van der Waals surface area contributed by atoms with E-state index in [1.54, 1.807) is 6.07 Å². The highest BCUT2D eigenvalue weighted by atomic mass is 35.5. The quantitative estimate of drug-likeness (QED) is 0.922. The molecular weight excluding hydrogens is 295 g/mol. The summed E-state index contributed by atoms with van der Waals surface area (Å²) >= 11 is 6.07. The largest absolute Gasteiger partial charge is 0.325 e. The van der Waals surface area contributed by atoms with E-state index in [0.29, 0.717) is 17.1 Å². The topological polar surface area (TPSA) is 32.3 Å². The first kappa shape index (κ1) is 15.6. The number of nitrogens with zero attached hydrogens (tertiary/aromatic N) is 1. The number of nitrogens with one attached hydrogen (secondary N) is 1. The maximum atomic E-state index is 12.3. The molecule has 2 aliphatic heterocycles. The number of carbonyl (C=O) groups excluding carboxylic acids is 1. The molecule has 1 amide bonds. The van der Waals surface area contributed by atoms with Crippen LogP contribution in [0.25, 0.3) is 0 Å². The third-order valence-corrected chi connectivity index (χ3v) is 4.78. The summed E-state index contributed by atoms with van der Waals surface area (Å²) < 4.78 is 0. The van der Waals surface area contributed by atoms with Crippen molar-refractivity contribution in [3.63, 3.8) is 0 Å². The van der Waals surface area contributed by atoms with E-state index in [4.69, 9.17) is 11.6 Å². The van der Waals surface area contributed by atoms with Gasteiger partial charge in [0.1, 0.15) is 0 Å². The molecule has 1 aromatic rings.